The molecule has 2 nitrogen and oxygen atoms in total. The zero-order valence-electron chi connectivity index (χ0n) is 5.97. The van der Waals surface area contributed by atoms with Gasteiger partial charge >= 0.3 is 0 Å². The van der Waals surface area contributed by atoms with Gasteiger partial charge in [-0.1, -0.05) is 0 Å². The summed E-state index contributed by atoms with van der Waals surface area (Å²) < 4.78 is 50.3. The molecule has 0 fully saturated rings. The van der Waals surface area contributed by atoms with Crippen molar-refractivity contribution >= 4 is 28.3 Å². The third-order valence-corrected chi connectivity index (χ3v) is 2.30. The summed E-state index contributed by atoms with van der Waals surface area (Å²) in [7, 11) is 0. The van der Waals surface area contributed by atoms with E-state index < -0.39 is 32.5 Å². The second-order valence-electron chi connectivity index (χ2n) is 2.09. The summed E-state index contributed by atoms with van der Waals surface area (Å²) in [6.07, 6.45) is 0. The monoisotopic (exact) mass is 306 g/mol. The number of hydrazine groups is 1. The van der Waals surface area contributed by atoms with Gasteiger partial charge in [0.25, 0.3) is 0 Å². The zero-order valence-corrected chi connectivity index (χ0v) is 8.12. The molecule has 0 radical (unpaired) electrons. The molecular formula is C6H3F4IN2. The number of hydrogen-bond acceptors (Lipinski definition) is 2. The Morgan fingerprint density at radius 1 is 0.923 bits per heavy atom. The van der Waals surface area contributed by atoms with Gasteiger partial charge in [0, 0.05) is 0 Å². The maximum absolute atomic E-state index is 12.8. The van der Waals surface area contributed by atoms with Crippen molar-refractivity contribution in [3.8, 4) is 0 Å². The van der Waals surface area contributed by atoms with Crippen LogP contribution in [0.2, 0.25) is 0 Å². The molecule has 0 saturated carbocycles. The van der Waals surface area contributed by atoms with Crippen LogP contribution in [0.4, 0.5) is 23.2 Å². The number of nitrogen functional groups attached to an aromatic ring is 1. The maximum atomic E-state index is 12.8. The lowest BCUT2D eigenvalue weighted by Crippen LogP contribution is -2.14. The van der Waals surface area contributed by atoms with Crippen LogP contribution in [0.5, 0.6) is 0 Å². The third-order valence-electron chi connectivity index (χ3n) is 1.35. The first-order valence-corrected chi connectivity index (χ1v) is 4.06. The van der Waals surface area contributed by atoms with E-state index in [0.29, 0.717) is 0 Å². The molecule has 13 heavy (non-hydrogen) atoms. The standard InChI is InChI=1S/C6H3F4IN2/c7-1-3(9)6(13-12)4(10)2(8)5(1)11/h13H,12H2. The zero-order chi connectivity index (χ0) is 10.2. The number of hydrogen-bond donors (Lipinski definition) is 2. The number of nitrogens with one attached hydrogen (secondary N) is 1. The molecule has 0 bridgehead atoms. The molecule has 0 saturated heterocycles. The third kappa shape index (κ3) is 1.57. The molecule has 0 aliphatic rings. The average Bonchev–Trinajstić information content (AvgIpc) is 2.13. The van der Waals surface area contributed by atoms with Gasteiger partial charge in [0.05, 0.1) is 3.57 Å². The largest absolute Gasteiger partial charge is 0.319 e. The van der Waals surface area contributed by atoms with Crippen LogP contribution in [0, 0.1) is 26.8 Å². The van der Waals surface area contributed by atoms with Crippen molar-refractivity contribution in [2.45, 2.75) is 0 Å². The molecule has 1 rings (SSSR count). The molecule has 0 spiro atoms. The van der Waals surface area contributed by atoms with Crippen LogP contribution in [0.3, 0.4) is 0 Å². The summed E-state index contributed by atoms with van der Waals surface area (Å²) in [6.45, 7) is 0. The highest BCUT2D eigenvalue weighted by Gasteiger charge is 2.23. The van der Waals surface area contributed by atoms with Crippen LogP contribution >= 0.6 is 22.6 Å². The van der Waals surface area contributed by atoms with E-state index in [9.17, 15) is 17.6 Å². The molecule has 72 valence electrons. The van der Waals surface area contributed by atoms with Crippen molar-refractivity contribution in [2.24, 2.45) is 5.84 Å². The summed E-state index contributed by atoms with van der Waals surface area (Å²) >= 11 is 1.15. The molecule has 1 aromatic carbocycles. The van der Waals surface area contributed by atoms with E-state index in [4.69, 9.17) is 0 Å². The second kappa shape index (κ2) is 3.66. The predicted octanol–water partition coefficient (Wildman–Crippen LogP) is 2.13. The quantitative estimate of drug-likeness (QED) is 0.208. The van der Waals surface area contributed by atoms with Crippen molar-refractivity contribution in [1.29, 1.82) is 0 Å². The number of halogens is 5. The lowest BCUT2D eigenvalue weighted by Gasteiger charge is -2.07. The summed E-state index contributed by atoms with van der Waals surface area (Å²) in [6, 6.07) is 0. The van der Waals surface area contributed by atoms with Gasteiger partial charge in [-0.15, -0.1) is 0 Å². The van der Waals surface area contributed by atoms with Crippen molar-refractivity contribution < 1.29 is 17.6 Å². The van der Waals surface area contributed by atoms with Crippen LogP contribution in [0.25, 0.3) is 0 Å². The minimum Gasteiger partial charge on any atom is -0.319 e. The Balaban J connectivity index is 3.56. The normalized spacial score (nSPS) is 10.3. The Bertz CT molecular complexity index is 326. The lowest BCUT2D eigenvalue weighted by molar-refractivity contribution is 0.450. The molecule has 0 aliphatic carbocycles. The van der Waals surface area contributed by atoms with Crippen molar-refractivity contribution in [3.63, 3.8) is 0 Å². The Morgan fingerprint density at radius 3 is 1.62 bits per heavy atom. The van der Waals surface area contributed by atoms with Crippen LogP contribution in [0.1, 0.15) is 0 Å². The summed E-state index contributed by atoms with van der Waals surface area (Å²) in [5.41, 5.74) is 0.521. The molecule has 0 unspecified atom stereocenters. The first-order chi connectivity index (χ1) is 6.00. The van der Waals surface area contributed by atoms with Crippen molar-refractivity contribution in [3.05, 3.63) is 26.8 Å². The lowest BCUT2D eigenvalue weighted by atomic mass is 10.2. The van der Waals surface area contributed by atoms with Crippen LogP contribution in [-0.2, 0) is 0 Å². The van der Waals surface area contributed by atoms with E-state index in [1.165, 1.54) is 5.43 Å². The van der Waals surface area contributed by atoms with Gasteiger partial charge < -0.3 is 5.43 Å². The van der Waals surface area contributed by atoms with E-state index in [1.54, 1.807) is 0 Å². The Morgan fingerprint density at radius 2 is 1.31 bits per heavy atom. The van der Waals surface area contributed by atoms with Gasteiger partial charge in [0.2, 0.25) is 0 Å². The highest BCUT2D eigenvalue weighted by molar-refractivity contribution is 14.1. The first-order valence-electron chi connectivity index (χ1n) is 2.98. The second-order valence-corrected chi connectivity index (χ2v) is 3.17. The molecule has 3 N–H and O–H groups in total. The smallest absolute Gasteiger partial charge is 0.187 e. The highest BCUT2D eigenvalue weighted by atomic mass is 127. The molecule has 0 heterocycles. The Kier molecular flexibility index (Phi) is 2.96. The molecular weight excluding hydrogens is 303 g/mol. The molecule has 0 aromatic heterocycles. The predicted molar refractivity (Wildman–Crippen MR) is 46.8 cm³/mol. The SMILES string of the molecule is NNc1c(F)c(F)c(I)c(F)c1F. The topological polar surface area (TPSA) is 38.0 Å². The highest BCUT2D eigenvalue weighted by Crippen LogP contribution is 2.27. The number of nitrogens with two attached hydrogens (primary N) is 1. The first kappa shape index (κ1) is 10.5. The van der Waals surface area contributed by atoms with Crippen molar-refractivity contribution in [1.82, 2.24) is 0 Å². The Labute approximate surface area is 84.2 Å². The maximum Gasteiger partial charge on any atom is 0.187 e. The van der Waals surface area contributed by atoms with Gasteiger partial charge in [0.1, 0.15) is 5.69 Å². The molecule has 7 heteroatoms. The summed E-state index contributed by atoms with van der Waals surface area (Å²) in [5.74, 6) is -1.33. The van der Waals surface area contributed by atoms with Gasteiger partial charge in [-0.25, -0.2) is 17.6 Å². The fourth-order valence-corrected chi connectivity index (χ4v) is 1.21. The fourth-order valence-electron chi connectivity index (χ4n) is 0.732. The minimum absolute atomic E-state index is 0.744. The average molecular weight is 306 g/mol. The van der Waals surface area contributed by atoms with Crippen LogP contribution in [-0.4, -0.2) is 0 Å². The minimum atomic E-state index is -1.54. The molecule has 0 atom stereocenters. The van der Waals surface area contributed by atoms with Gasteiger partial charge in [-0.3, -0.25) is 5.84 Å². The van der Waals surface area contributed by atoms with E-state index in [1.807, 2.05) is 0 Å². The fraction of sp³-hybridized carbons (Fsp3) is 0. The van der Waals surface area contributed by atoms with Crippen molar-refractivity contribution in [2.75, 3.05) is 5.43 Å². The van der Waals surface area contributed by atoms with Gasteiger partial charge in [0.15, 0.2) is 23.3 Å². The van der Waals surface area contributed by atoms with Gasteiger partial charge in [-0.2, -0.15) is 0 Å². The molecule has 0 aliphatic heterocycles. The molecule has 0 amide bonds. The number of benzene rings is 1. The van der Waals surface area contributed by atoms with Gasteiger partial charge in [-0.05, 0) is 22.6 Å². The van der Waals surface area contributed by atoms with E-state index >= 15 is 0 Å². The molecule has 1 aromatic rings. The van der Waals surface area contributed by atoms with E-state index in [2.05, 4.69) is 5.84 Å². The van der Waals surface area contributed by atoms with E-state index in [0.717, 1.165) is 22.6 Å². The summed E-state index contributed by atoms with van der Waals surface area (Å²) in [4.78, 5) is 0. The number of anilines is 1. The van der Waals surface area contributed by atoms with Crippen LogP contribution < -0.4 is 11.3 Å². The summed E-state index contributed by atoms with van der Waals surface area (Å²) in [5, 5.41) is 0. The van der Waals surface area contributed by atoms with Crippen LogP contribution in [0.15, 0.2) is 0 Å². The Hall–Kier alpha value is -0.570. The van der Waals surface area contributed by atoms with E-state index in [-0.39, 0.29) is 0 Å². The number of rotatable bonds is 1.